The van der Waals surface area contributed by atoms with Crippen molar-refractivity contribution in [3.8, 4) is 0 Å². The van der Waals surface area contributed by atoms with Crippen molar-refractivity contribution < 1.29 is 8.42 Å². The van der Waals surface area contributed by atoms with Crippen LogP contribution in [0.25, 0.3) is 0 Å². The van der Waals surface area contributed by atoms with Crippen LogP contribution in [0.15, 0.2) is 32.0 Å². The van der Waals surface area contributed by atoms with Gasteiger partial charge in [0.25, 0.3) is 0 Å². The Morgan fingerprint density at radius 3 is 2.76 bits per heavy atom. The van der Waals surface area contributed by atoms with Crippen LogP contribution in [-0.2, 0) is 10.0 Å². The Morgan fingerprint density at radius 2 is 2.00 bits per heavy atom. The van der Waals surface area contributed by atoms with Gasteiger partial charge in [-0.15, -0.1) is 0 Å². The van der Waals surface area contributed by atoms with Crippen molar-refractivity contribution in [1.82, 2.24) is 9.21 Å². The molecule has 0 bridgehead atoms. The SMILES string of the molecule is CC1CN2CCCC2CN1S(=O)(=O)c1cc(Br)ccc1Br. The Labute approximate surface area is 142 Å². The average Bonchev–Trinajstić information content (AvgIpc) is 2.87. The van der Waals surface area contributed by atoms with E-state index in [1.807, 2.05) is 13.0 Å². The van der Waals surface area contributed by atoms with E-state index in [0.717, 1.165) is 24.0 Å². The molecule has 2 aliphatic rings. The summed E-state index contributed by atoms with van der Waals surface area (Å²) in [7, 11) is -3.47. The first-order valence-corrected chi connectivity index (χ1v) is 10.1. The van der Waals surface area contributed by atoms with Gasteiger partial charge in [0, 0.05) is 34.1 Å². The zero-order chi connectivity index (χ0) is 15.2. The van der Waals surface area contributed by atoms with Crippen molar-refractivity contribution in [3.05, 3.63) is 27.1 Å². The van der Waals surface area contributed by atoms with Crippen LogP contribution in [0.2, 0.25) is 0 Å². The fraction of sp³-hybridized carbons (Fsp3) is 0.571. The molecule has 2 fully saturated rings. The van der Waals surface area contributed by atoms with Crippen molar-refractivity contribution in [2.24, 2.45) is 0 Å². The molecule has 2 saturated heterocycles. The molecule has 0 N–H and O–H groups in total. The Kier molecular flexibility index (Phi) is 4.49. The molecule has 4 nitrogen and oxygen atoms in total. The molecule has 2 atom stereocenters. The molecule has 7 heteroatoms. The van der Waals surface area contributed by atoms with E-state index in [4.69, 9.17) is 0 Å². The van der Waals surface area contributed by atoms with Crippen LogP contribution >= 0.6 is 31.9 Å². The summed E-state index contributed by atoms with van der Waals surface area (Å²) < 4.78 is 29.1. The Bertz CT molecular complexity index is 650. The first-order chi connectivity index (χ1) is 9.89. The van der Waals surface area contributed by atoms with E-state index in [9.17, 15) is 8.42 Å². The molecule has 0 saturated carbocycles. The lowest BCUT2D eigenvalue weighted by Crippen LogP contribution is -2.56. The summed E-state index contributed by atoms with van der Waals surface area (Å²) in [6.45, 7) is 4.53. The lowest BCUT2D eigenvalue weighted by molar-refractivity contribution is 0.117. The highest BCUT2D eigenvalue weighted by atomic mass is 79.9. The summed E-state index contributed by atoms with van der Waals surface area (Å²) in [6, 6.07) is 5.67. The van der Waals surface area contributed by atoms with Gasteiger partial charge >= 0.3 is 0 Å². The van der Waals surface area contributed by atoms with Gasteiger partial charge in [-0.2, -0.15) is 4.31 Å². The summed E-state index contributed by atoms with van der Waals surface area (Å²) >= 11 is 6.73. The van der Waals surface area contributed by atoms with Crippen molar-refractivity contribution in [3.63, 3.8) is 0 Å². The highest BCUT2D eigenvalue weighted by Gasteiger charge is 2.40. The molecule has 2 heterocycles. The van der Waals surface area contributed by atoms with E-state index in [0.29, 0.717) is 22.0 Å². The molecular weight excluding hydrogens is 420 g/mol. The normalized spacial score (nSPS) is 27.8. The van der Waals surface area contributed by atoms with E-state index in [1.54, 1.807) is 16.4 Å². The van der Waals surface area contributed by atoms with E-state index >= 15 is 0 Å². The predicted octanol–water partition coefficient (Wildman–Crippen LogP) is 3.07. The summed E-state index contributed by atoms with van der Waals surface area (Å²) in [6.07, 6.45) is 2.27. The summed E-state index contributed by atoms with van der Waals surface area (Å²) in [5.41, 5.74) is 0. The molecule has 0 spiro atoms. The number of benzene rings is 1. The average molecular weight is 438 g/mol. The van der Waals surface area contributed by atoms with E-state index in [2.05, 4.69) is 36.8 Å². The van der Waals surface area contributed by atoms with Crippen LogP contribution in [0.3, 0.4) is 0 Å². The number of hydrogen-bond donors (Lipinski definition) is 0. The number of hydrogen-bond acceptors (Lipinski definition) is 3. The Hall–Kier alpha value is 0.0500. The van der Waals surface area contributed by atoms with Gasteiger partial charge in [-0.25, -0.2) is 8.42 Å². The molecule has 116 valence electrons. The third-order valence-electron chi connectivity index (χ3n) is 4.36. The maximum Gasteiger partial charge on any atom is 0.244 e. The number of fused-ring (bicyclic) bond motifs is 1. The molecule has 3 rings (SSSR count). The van der Waals surface area contributed by atoms with Gasteiger partial charge in [0.15, 0.2) is 0 Å². The highest BCUT2D eigenvalue weighted by Crippen LogP contribution is 2.33. The minimum atomic E-state index is -3.47. The predicted molar refractivity (Wildman–Crippen MR) is 89.8 cm³/mol. The fourth-order valence-corrected chi connectivity index (χ4v) is 6.42. The minimum absolute atomic E-state index is 0.00947. The van der Waals surface area contributed by atoms with E-state index in [1.165, 1.54) is 6.42 Å². The summed E-state index contributed by atoms with van der Waals surface area (Å²) in [5, 5.41) is 0. The van der Waals surface area contributed by atoms with Crippen molar-refractivity contribution in [1.29, 1.82) is 0 Å². The standard InChI is InChI=1S/C14H18Br2N2O2S/c1-10-8-17-6-2-3-12(17)9-18(10)21(19,20)14-7-11(15)4-5-13(14)16/h4-5,7,10,12H,2-3,6,8-9H2,1H3. The number of sulfonamides is 1. The zero-order valence-electron chi connectivity index (χ0n) is 11.8. The molecule has 1 aromatic rings. The minimum Gasteiger partial charge on any atom is -0.297 e. The number of halogens is 2. The number of rotatable bonds is 2. The van der Waals surface area contributed by atoms with Crippen LogP contribution in [0.4, 0.5) is 0 Å². The van der Waals surface area contributed by atoms with Crippen molar-refractivity contribution in [2.75, 3.05) is 19.6 Å². The molecule has 0 radical (unpaired) electrons. The first-order valence-electron chi connectivity index (χ1n) is 7.10. The number of nitrogens with zero attached hydrogens (tertiary/aromatic N) is 2. The van der Waals surface area contributed by atoms with Crippen LogP contribution in [0.1, 0.15) is 19.8 Å². The molecule has 21 heavy (non-hydrogen) atoms. The highest BCUT2D eigenvalue weighted by molar-refractivity contribution is 9.11. The van der Waals surface area contributed by atoms with Crippen LogP contribution < -0.4 is 0 Å². The van der Waals surface area contributed by atoms with E-state index in [-0.39, 0.29) is 6.04 Å². The molecule has 0 amide bonds. The smallest absolute Gasteiger partial charge is 0.244 e. The summed E-state index contributed by atoms with van der Waals surface area (Å²) in [4.78, 5) is 2.77. The molecular formula is C14H18Br2N2O2S. The topological polar surface area (TPSA) is 40.6 Å². The molecule has 0 aromatic heterocycles. The Morgan fingerprint density at radius 1 is 1.24 bits per heavy atom. The monoisotopic (exact) mass is 436 g/mol. The first kappa shape index (κ1) is 15.9. The Balaban J connectivity index is 1.95. The van der Waals surface area contributed by atoms with Gasteiger partial charge in [0.2, 0.25) is 10.0 Å². The second kappa shape index (κ2) is 5.92. The molecule has 2 unspecified atom stereocenters. The largest absolute Gasteiger partial charge is 0.297 e. The molecule has 2 aliphatic heterocycles. The maximum absolute atomic E-state index is 13.0. The van der Waals surface area contributed by atoms with Gasteiger partial charge in [-0.1, -0.05) is 15.9 Å². The van der Waals surface area contributed by atoms with Gasteiger partial charge < -0.3 is 0 Å². The van der Waals surface area contributed by atoms with Crippen molar-refractivity contribution in [2.45, 2.75) is 36.7 Å². The fourth-order valence-electron chi connectivity index (χ4n) is 3.30. The lowest BCUT2D eigenvalue weighted by Gasteiger charge is -2.41. The quantitative estimate of drug-likeness (QED) is 0.713. The van der Waals surface area contributed by atoms with Crippen LogP contribution in [0.5, 0.6) is 0 Å². The molecule has 1 aromatic carbocycles. The number of piperazine rings is 1. The van der Waals surface area contributed by atoms with Crippen molar-refractivity contribution >= 4 is 41.9 Å². The van der Waals surface area contributed by atoms with Crippen LogP contribution in [0, 0.1) is 0 Å². The van der Waals surface area contributed by atoms with Crippen LogP contribution in [-0.4, -0.2) is 49.3 Å². The van der Waals surface area contributed by atoms with Gasteiger partial charge in [0.05, 0.1) is 4.90 Å². The zero-order valence-corrected chi connectivity index (χ0v) is 15.8. The van der Waals surface area contributed by atoms with Gasteiger partial charge in [0.1, 0.15) is 0 Å². The van der Waals surface area contributed by atoms with E-state index < -0.39 is 10.0 Å². The van der Waals surface area contributed by atoms with Gasteiger partial charge in [-0.3, -0.25) is 4.90 Å². The second-order valence-corrected chi connectivity index (χ2v) is 9.42. The lowest BCUT2D eigenvalue weighted by atomic mass is 10.1. The third-order valence-corrected chi connectivity index (χ3v) is 7.83. The second-order valence-electron chi connectivity index (χ2n) is 5.79. The summed E-state index contributed by atoms with van der Waals surface area (Å²) in [5.74, 6) is 0. The van der Waals surface area contributed by atoms with Gasteiger partial charge in [-0.05, 0) is 60.4 Å². The molecule has 0 aliphatic carbocycles. The maximum atomic E-state index is 13.0. The third kappa shape index (κ3) is 2.95.